The predicted molar refractivity (Wildman–Crippen MR) is 72.6 cm³/mol. The summed E-state index contributed by atoms with van der Waals surface area (Å²) in [7, 11) is 0. The van der Waals surface area contributed by atoms with E-state index in [0.29, 0.717) is 4.77 Å². The molecule has 2 rings (SSSR count). The Hall–Kier alpha value is -1.95. The standard InChI is InChI=1S/C12H14N4OS/c1-2-7-17-11-5-3-10(4-6-11)8-14-16-9-13-15-12(16)18/h3-6,8-9H,2,7H2,1H3,(H,15,18)/b14-8+. The third-order valence-corrected chi connectivity index (χ3v) is 2.50. The van der Waals surface area contributed by atoms with Crippen LogP contribution in [0.15, 0.2) is 35.7 Å². The molecular weight excluding hydrogens is 248 g/mol. The molecule has 94 valence electrons. The van der Waals surface area contributed by atoms with Crippen LogP contribution in [0.4, 0.5) is 0 Å². The van der Waals surface area contributed by atoms with Gasteiger partial charge in [0.2, 0.25) is 4.77 Å². The Morgan fingerprint density at radius 2 is 2.22 bits per heavy atom. The Kier molecular flexibility index (Phi) is 4.25. The van der Waals surface area contributed by atoms with Crippen molar-refractivity contribution in [2.45, 2.75) is 13.3 Å². The number of rotatable bonds is 5. The highest BCUT2D eigenvalue weighted by molar-refractivity contribution is 7.71. The van der Waals surface area contributed by atoms with Gasteiger partial charge in [-0.25, -0.2) is 0 Å². The van der Waals surface area contributed by atoms with Crippen molar-refractivity contribution in [2.75, 3.05) is 6.61 Å². The molecule has 0 saturated carbocycles. The van der Waals surface area contributed by atoms with Crippen LogP contribution in [0.3, 0.4) is 0 Å². The number of H-pyrrole nitrogens is 1. The van der Waals surface area contributed by atoms with Crippen LogP contribution in [0.1, 0.15) is 18.9 Å². The summed E-state index contributed by atoms with van der Waals surface area (Å²) in [6, 6.07) is 7.73. The summed E-state index contributed by atoms with van der Waals surface area (Å²) in [6.45, 7) is 2.81. The maximum atomic E-state index is 5.50. The summed E-state index contributed by atoms with van der Waals surface area (Å²) >= 11 is 4.98. The minimum atomic E-state index is 0.467. The first-order valence-electron chi connectivity index (χ1n) is 5.69. The van der Waals surface area contributed by atoms with E-state index in [1.807, 2.05) is 24.3 Å². The van der Waals surface area contributed by atoms with Gasteiger partial charge in [-0.05, 0) is 48.5 Å². The molecule has 1 N–H and O–H groups in total. The lowest BCUT2D eigenvalue weighted by Crippen LogP contribution is -1.95. The van der Waals surface area contributed by atoms with Gasteiger partial charge >= 0.3 is 0 Å². The lowest BCUT2D eigenvalue weighted by Gasteiger charge is -2.03. The van der Waals surface area contributed by atoms with Crippen molar-refractivity contribution in [1.29, 1.82) is 0 Å². The first-order chi connectivity index (χ1) is 8.79. The number of aromatic nitrogens is 3. The molecule has 0 radical (unpaired) electrons. The van der Waals surface area contributed by atoms with Crippen LogP contribution >= 0.6 is 12.2 Å². The fraction of sp³-hybridized carbons (Fsp3) is 0.250. The summed E-state index contributed by atoms with van der Waals surface area (Å²) in [5.41, 5.74) is 0.974. The molecule has 1 aromatic carbocycles. The minimum absolute atomic E-state index is 0.467. The van der Waals surface area contributed by atoms with Crippen LogP contribution in [0.5, 0.6) is 5.75 Å². The second kappa shape index (κ2) is 6.11. The Morgan fingerprint density at radius 1 is 1.44 bits per heavy atom. The number of nitrogens with zero attached hydrogens (tertiary/aromatic N) is 3. The van der Waals surface area contributed by atoms with E-state index in [9.17, 15) is 0 Å². The van der Waals surface area contributed by atoms with Crippen LogP contribution in [-0.2, 0) is 0 Å². The number of nitrogens with one attached hydrogen (secondary N) is 1. The van der Waals surface area contributed by atoms with E-state index in [0.717, 1.165) is 24.3 Å². The molecule has 1 aromatic heterocycles. The summed E-state index contributed by atoms with van der Waals surface area (Å²) < 4.78 is 7.46. The predicted octanol–water partition coefficient (Wildman–Crippen LogP) is 2.61. The van der Waals surface area contributed by atoms with Gasteiger partial charge in [-0.1, -0.05) is 6.92 Å². The van der Waals surface area contributed by atoms with E-state index in [4.69, 9.17) is 17.0 Å². The molecule has 0 unspecified atom stereocenters. The van der Waals surface area contributed by atoms with Crippen LogP contribution in [0.25, 0.3) is 0 Å². The van der Waals surface area contributed by atoms with Crippen LogP contribution in [0, 0.1) is 4.77 Å². The molecule has 1 heterocycles. The molecule has 18 heavy (non-hydrogen) atoms. The highest BCUT2D eigenvalue weighted by atomic mass is 32.1. The Balaban J connectivity index is 2.04. The average Bonchev–Trinajstić information content (AvgIpc) is 2.81. The van der Waals surface area contributed by atoms with Crippen molar-refractivity contribution in [1.82, 2.24) is 14.9 Å². The second-order valence-corrected chi connectivity index (χ2v) is 4.05. The lowest BCUT2D eigenvalue weighted by atomic mass is 10.2. The minimum Gasteiger partial charge on any atom is -0.494 e. The van der Waals surface area contributed by atoms with Gasteiger partial charge in [0.15, 0.2) is 0 Å². The van der Waals surface area contributed by atoms with Crippen molar-refractivity contribution in [3.05, 3.63) is 40.9 Å². The molecule has 0 atom stereocenters. The number of benzene rings is 1. The van der Waals surface area contributed by atoms with Gasteiger partial charge in [-0.3, -0.25) is 5.10 Å². The first kappa shape index (κ1) is 12.5. The fourth-order valence-electron chi connectivity index (χ4n) is 1.32. The molecule has 0 saturated heterocycles. The topological polar surface area (TPSA) is 55.2 Å². The average molecular weight is 262 g/mol. The smallest absolute Gasteiger partial charge is 0.216 e. The summed E-state index contributed by atoms with van der Waals surface area (Å²) in [5.74, 6) is 0.869. The van der Waals surface area contributed by atoms with Crippen LogP contribution in [0.2, 0.25) is 0 Å². The summed E-state index contributed by atoms with van der Waals surface area (Å²) in [6.07, 6.45) is 4.24. The van der Waals surface area contributed by atoms with Gasteiger partial charge in [0, 0.05) is 0 Å². The van der Waals surface area contributed by atoms with Gasteiger partial charge < -0.3 is 4.74 Å². The van der Waals surface area contributed by atoms with Gasteiger partial charge in [-0.2, -0.15) is 14.9 Å². The molecule has 0 aliphatic rings. The van der Waals surface area contributed by atoms with Crippen molar-refractivity contribution in [3.63, 3.8) is 0 Å². The highest BCUT2D eigenvalue weighted by Crippen LogP contribution is 2.11. The van der Waals surface area contributed by atoms with E-state index < -0.39 is 0 Å². The number of aromatic amines is 1. The van der Waals surface area contributed by atoms with E-state index in [2.05, 4.69) is 22.2 Å². The monoisotopic (exact) mass is 262 g/mol. The highest BCUT2D eigenvalue weighted by Gasteiger charge is 1.93. The number of ether oxygens (including phenoxy) is 1. The van der Waals surface area contributed by atoms with Gasteiger partial charge in [0.1, 0.15) is 12.1 Å². The molecule has 0 bridgehead atoms. The van der Waals surface area contributed by atoms with Crippen LogP contribution < -0.4 is 4.74 Å². The van der Waals surface area contributed by atoms with E-state index in [-0.39, 0.29) is 0 Å². The molecular formula is C12H14N4OS. The zero-order valence-corrected chi connectivity index (χ0v) is 10.9. The molecule has 0 aliphatic heterocycles. The second-order valence-electron chi connectivity index (χ2n) is 3.67. The molecule has 5 nitrogen and oxygen atoms in total. The summed E-state index contributed by atoms with van der Waals surface area (Å²) in [5, 5.41) is 10.6. The molecule has 0 fully saturated rings. The normalized spacial score (nSPS) is 10.9. The third kappa shape index (κ3) is 3.27. The molecule has 0 amide bonds. The molecule has 2 aromatic rings. The maximum Gasteiger partial charge on any atom is 0.216 e. The zero-order valence-electron chi connectivity index (χ0n) is 10.0. The lowest BCUT2D eigenvalue weighted by molar-refractivity contribution is 0.317. The summed E-state index contributed by atoms with van der Waals surface area (Å²) in [4.78, 5) is 0. The molecule has 0 aliphatic carbocycles. The SMILES string of the molecule is CCCOc1ccc(/C=N/n2cn[nH]c2=S)cc1. The van der Waals surface area contributed by atoms with Crippen molar-refractivity contribution < 1.29 is 4.74 Å². The van der Waals surface area contributed by atoms with Gasteiger partial charge in [0.05, 0.1) is 12.8 Å². The van der Waals surface area contributed by atoms with E-state index in [1.54, 1.807) is 6.21 Å². The van der Waals surface area contributed by atoms with Crippen LogP contribution in [-0.4, -0.2) is 27.7 Å². The Morgan fingerprint density at radius 3 is 2.83 bits per heavy atom. The van der Waals surface area contributed by atoms with Crippen molar-refractivity contribution >= 4 is 18.4 Å². The quantitative estimate of drug-likeness (QED) is 0.665. The fourth-order valence-corrected chi connectivity index (χ4v) is 1.47. The van der Waals surface area contributed by atoms with Gasteiger partial charge in [-0.15, -0.1) is 0 Å². The molecule has 6 heteroatoms. The van der Waals surface area contributed by atoms with Crippen molar-refractivity contribution in [2.24, 2.45) is 5.10 Å². The number of hydrogen-bond acceptors (Lipinski definition) is 4. The first-order valence-corrected chi connectivity index (χ1v) is 6.09. The Labute approximate surface area is 110 Å². The zero-order chi connectivity index (χ0) is 12.8. The van der Waals surface area contributed by atoms with Crippen molar-refractivity contribution in [3.8, 4) is 5.75 Å². The Bertz CT molecular complexity index is 570. The maximum absolute atomic E-state index is 5.50. The number of hydrogen-bond donors (Lipinski definition) is 1. The molecule has 0 spiro atoms. The largest absolute Gasteiger partial charge is 0.494 e. The van der Waals surface area contributed by atoms with E-state index in [1.165, 1.54) is 11.0 Å². The third-order valence-electron chi connectivity index (χ3n) is 2.22. The van der Waals surface area contributed by atoms with E-state index >= 15 is 0 Å². The van der Waals surface area contributed by atoms with Gasteiger partial charge in [0.25, 0.3) is 0 Å².